The number of aryl methyl sites for hydroxylation is 1. The molecule has 196 valence electrons. The highest BCUT2D eigenvalue weighted by Gasteiger charge is 2.37. The number of fused-ring (bicyclic) bond motifs is 1. The number of nitrogens with two attached hydrogens (primary N) is 1. The van der Waals surface area contributed by atoms with Crippen LogP contribution in [0.2, 0.25) is 5.02 Å². The van der Waals surface area contributed by atoms with Gasteiger partial charge in [-0.25, -0.2) is 9.78 Å². The summed E-state index contributed by atoms with van der Waals surface area (Å²) < 4.78 is 40.8. The summed E-state index contributed by atoms with van der Waals surface area (Å²) >= 11 is 5.79. The number of halogens is 4. The van der Waals surface area contributed by atoms with Crippen LogP contribution in [-0.2, 0) is 19.0 Å². The molecule has 11 heteroatoms. The van der Waals surface area contributed by atoms with E-state index in [-0.39, 0.29) is 29.2 Å². The third-order valence-corrected chi connectivity index (χ3v) is 7.26. The zero-order valence-electron chi connectivity index (χ0n) is 20.5. The van der Waals surface area contributed by atoms with E-state index in [1.54, 1.807) is 0 Å². The minimum Gasteiger partial charge on any atom is -0.362 e. The van der Waals surface area contributed by atoms with E-state index >= 15 is 0 Å². The number of carbonyl (C=O) groups is 1. The predicted molar refractivity (Wildman–Crippen MR) is 136 cm³/mol. The van der Waals surface area contributed by atoms with E-state index in [0.29, 0.717) is 5.95 Å². The molecule has 1 aromatic carbocycles. The van der Waals surface area contributed by atoms with Gasteiger partial charge in [-0.3, -0.25) is 4.90 Å². The number of hydrogen-bond donors (Lipinski definition) is 2. The molecule has 1 saturated carbocycles. The van der Waals surface area contributed by atoms with E-state index in [9.17, 15) is 18.0 Å². The zero-order chi connectivity index (χ0) is 26.0. The van der Waals surface area contributed by atoms with Crippen molar-refractivity contribution >= 4 is 35.1 Å². The molecule has 0 radical (unpaired) electrons. The monoisotopic (exact) mass is 524 g/mol. The van der Waals surface area contributed by atoms with E-state index in [1.165, 1.54) is 17.7 Å². The first-order valence-electron chi connectivity index (χ1n) is 12.3. The summed E-state index contributed by atoms with van der Waals surface area (Å²) in [4.78, 5) is 24.8. The maximum Gasteiger partial charge on any atom is 0.418 e. The van der Waals surface area contributed by atoms with Crippen LogP contribution in [0, 0.1) is 5.92 Å². The van der Waals surface area contributed by atoms with Gasteiger partial charge in [-0.2, -0.15) is 18.2 Å². The number of amides is 2. The number of urea groups is 1. The SMILES string of the molecule is CN(C)c1nc(N[C@H]2CC[C@@H](CN(C(N)=O)c3ccc(Cl)cc3C(F)(F)F)CC2)nc2c1CCCC2. The van der Waals surface area contributed by atoms with Crippen LogP contribution in [0.15, 0.2) is 18.2 Å². The first kappa shape index (κ1) is 26.3. The van der Waals surface area contributed by atoms with Crippen molar-refractivity contribution in [1.82, 2.24) is 9.97 Å². The van der Waals surface area contributed by atoms with Gasteiger partial charge < -0.3 is 16.0 Å². The molecule has 3 N–H and O–H groups in total. The molecule has 1 heterocycles. The number of rotatable bonds is 6. The van der Waals surface area contributed by atoms with Crippen LogP contribution in [0.3, 0.4) is 0 Å². The topological polar surface area (TPSA) is 87.4 Å². The van der Waals surface area contributed by atoms with Gasteiger partial charge in [0.1, 0.15) is 5.82 Å². The third kappa shape index (κ3) is 5.96. The van der Waals surface area contributed by atoms with E-state index in [2.05, 4.69) is 5.32 Å². The van der Waals surface area contributed by atoms with Crippen molar-refractivity contribution in [2.24, 2.45) is 11.7 Å². The normalized spacial score (nSPS) is 19.9. The Morgan fingerprint density at radius 1 is 1.14 bits per heavy atom. The molecule has 1 fully saturated rings. The Bertz CT molecular complexity index is 1100. The van der Waals surface area contributed by atoms with Crippen LogP contribution < -0.4 is 20.9 Å². The van der Waals surface area contributed by atoms with Crippen molar-refractivity contribution in [3.8, 4) is 0 Å². The van der Waals surface area contributed by atoms with Gasteiger partial charge in [0, 0.05) is 37.3 Å². The summed E-state index contributed by atoms with van der Waals surface area (Å²) in [5.74, 6) is 1.60. The van der Waals surface area contributed by atoms with Crippen LogP contribution in [0.5, 0.6) is 0 Å². The minimum atomic E-state index is -4.66. The third-order valence-electron chi connectivity index (χ3n) is 7.03. The first-order chi connectivity index (χ1) is 17.0. The fourth-order valence-electron chi connectivity index (χ4n) is 5.22. The number of aromatic nitrogens is 2. The van der Waals surface area contributed by atoms with E-state index in [0.717, 1.165) is 73.8 Å². The summed E-state index contributed by atoms with van der Waals surface area (Å²) in [6.07, 6.45) is 2.63. The van der Waals surface area contributed by atoms with Gasteiger partial charge in [0.05, 0.1) is 16.9 Å². The van der Waals surface area contributed by atoms with E-state index < -0.39 is 17.8 Å². The number of anilines is 3. The lowest BCUT2D eigenvalue weighted by Crippen LogP contribution is -2.42. The number of alkyl halides is 3. The van der Waals surface area contributed by atoms with Crippen molar-refractivity contribution < 1.29 is 18.0 Å². The average Bonchev–Trinajstić information content (AvgIpc) is 2.82. The van der Waals surface area contributed by atoms with Gasteiger partial charge in [-0.15, -0.1) is 0 Å². The lowest BCUT2D eigenvalue weighted by atomic mass is 9.85. The Morgan fingerprint density at radius 2 is 1.83 bits per heavy atom. The molecule has 0 bridgehead atoms. The smallest absolute Gasteiger partial charge is 0.362 e. The van der Waals surface area contributed by atoms with Crippen molar-refractivity contribution in [3.63, 3.8) is 0 Å². The highest BCUT2D eigenvalue weighted by atomic mass is 35.5. The van der Waals surface area contributed by atoms with E-state index in [1.807, 2.05) is 19.0 Å². The molecular formula is C25H32ClF3N6O. The quantitative estimate of drug-likeness (QED) is 0.510. The maximum atomic E-state index is 13.6. The molecule has 0 atom stereocenters. The van der Waals surface area contributed by atoms with Gasteiger partial charge in [0.2, 0.25) is 5.95 Å². The molecule has 4 rings (SSSR count). The standard InChI is InChI=1S/C25H32ClF3N6O/c1-34(2)22-18-5-3-4-6-20(18)32-24(33-22)31-17-10-7-15(8-11-17)14-35(23(30)36)21-12-9-16(26)13-19(21)25(27,28)29/h9,12-13,15,17H,3-8,10-11,14H2,1-2H3,(H2,30,36)(H,31,32,33)/t15-,17+. The number of nitrogens with zero attached hydrogens (tertiary/aromatic N) is 4. The van der Waals surface area contributed by atoms with Gasteiger partial charge in [0.25, 0.3) is 0 Å². The largest absolute Gasteiger partial charge is 0.418 e. The van der Waals surface area contributed by atoms with Gasteiger partial charge in [-0.1, -0.05) is 11.6 Å². The molecular weight excluding hydrogens is 493 g/mol. The number of carbonyl (C=O) groups excluding carboxylic acids is 1. The van der Waals surface area contributed by atoms with Gasteiger partial charge >= 0.3 is 12.2 Å². The van der Waals surface area contributed by atoms with E-state index in [4.69, 9.17) is 27.3 Å². The second-order valence-corrected chi connectivity index (χ2v) is 10.3. The van der Waals surface area contributed by atoms with Crippen molar-refractivity contribution in [3.05, 3.63) is 40.0 Å². The Kier molecular flexibility index (Phi) is 7.82. The molecule has 36 heavy (non-hydrogen) atoms. The first-order valence-corrected chi connectivity index (χ1v) is 12.7. The van der Waals surface area contributed by atoms with Crippen molar-refractivity contribution in [1.29, 1.82) is 0 Å². The molecule has 1 aromatic heterocycles. The van der Waals surface area contributed by atoms with Crippen molar-refractivity contribution in [2.45, 2.75) is 63.6 Å². The van der Waals surface area contributed by atoms with Gasteiger partial charge in [0.15, 0.2) is 0 Å². The van der Waals surface area contributed by atoms with Crippen LogP contribution in [0.25, 0.3) is 0 Å². The highest BCUT2D eigenvalue weighted by molar-refractivity contribution is 6.30. The molecule has 2 aromatic rings. The molecule has 2 aliphatic rings. The molecule has 0 unspecified atom stereocenters. The fourth-order valence-corrected chi connectivity index (χ4v) is 5.39. The van der Waals surface area contributed by atoms with Crippen molar-refractivity contribution in [2.75, 3.05) is 35.8 Å². The summed E-state index contributed by atoms with van der Waals surface area (Å²) in [5, 5.41) is 3.42. The zero-order valence-corrected chi connectivity index (χ0v) is 21.3. The lowest BCUT2D eigenvalue weighted by Gasteiger charge is -2.33. The second kappa shape index (κ2) is 10.7. The number of primary amides is 1. The number of hydrogen-bond acceptors (Lipinski definition) is 5. The van der Waals surface area contributed by atoms with Gasteiger partial charge in [-0.05, 0) is 75.5 Å². The molecule has 0 aliphatic heterocycles. The molecule has 7 nitrogen and oxygen atoms in total. The Hall–Kier alpha value is -2.75. The minimum absolute atomic E-state index is 0.0223. The predicted octanol–water partition coefficient (Wildman–Crippen LogP) is 5.65. The van der Waals surface area contributed by atoms with Crippen LogP contribution >= 0.6 is 11.6 Å². The number of benzene rings is 1. The molecule has 2 amide bonds. The summed E-state index contributed by atoms with van der Waals surface area (Å²) in [6, 6.07) is 2.61. The summed E-state index contributed by atoms with van der Waals surface area (Å²) in [7, 11) is 3.98. The van der Waals surface area contributed by atoms with Crippen LogP contribution in [0.1, 0.15) is 55.3 Å². The fraction of sp³-hybridized carbons (Fsp3) is 0.560. The molecule has 0 spiro atoms. The Balaban J connectivity index is 1.43. The highest BCUT2D eigenvalue weighted by Crippen LogP contribution is 2.39. The lowest BCUT2D eigenvalue weighted by molar-refractivity contribution is -0.137. The van der Waals surface area contributed by atoms with Crippen LogP contribution in [0.4, 0.5) is 35.4 Å². The summed E-state index contributed by atoms with van der Waals surface area (Å²) in [6.45, 7) is 0.118. The summed E-state index contributed by atoms with van der Waals surface area (Å²) in [5.41, 5.74) is 6.62. The Morgan fingerprint density at radius 3 is 2.47 bits per heavy atom. The molecule has 0 saturated heterocycles. The second-order valence-electron chi connectivity index (χ2n) is 9.87. The number of nitrogens with one attached hydrogen (secondary N) is 1. The molecule has 2 aliphatic carbocycles. The average molecular weight is 525 g/mol. The van der Waals surface area contributed by atoms with Crippen LogP contribution in [-0.4, -0.2) is 42.7 Å². The Labute approximate surface area is 214 Å². The maximum absolute atomic E-state index is 13.6.